The van der Waals surface area contributed by atoms with Gasteiger partial charge in [-0.1, -0.05) is 12.8 Å². The summed E-state index contributed by atoms with van der Waals surface area (Å²) in [6.07, 6.45) is 8.76. The van der Waals surface area contributed by atoms with Gasteiger partial charge in [0, 0.05) is 17.4 Å². The van der Waals surface area contributed by atoms with Crippen molar-refractivity contribution in [3.63, 3.8) is 0 Å². The molecule has 0 spiro atoms. The van der Waals surface area contributed by atoms with E-state index in [1.54, 1.807) is 31.2 Å². The number of hydrogen-bond donors (Lipinski definition) is 3. The van der Waals surface area contributed by atoms with Crippen LogP contribution in [0.1, 0.15) is 45.1 Å². The molecule has 1 aliphatic heterocycles. The highest BCUT2D eigenvalue weighted by atomic mass is 35.5. The third-order valence-electron chi connectivity index (χ3n) is 5.81. The zero-order valence-electron chi connectivity index (χ0n) is 16.8. The molecule has 1 aliphatic carbocycles. The summed E-state index contributed by atoms with van der Waals surface area (Å²) >= 11 is 0. The Hall–Kier alpha value is -2.16. The third-order valence-corrected chi connectivity index (χ3v) is 5.81. The van der Waals surface area contributed by atoms with Gasteiger partial charge < -0.3 is 16.0 Å². The zero-order chi connectivity index (χ0) is 19.5. The van der Waals surface area contributed by atoms with E-state index in [9.17, 15) is 9.59 Å². The summed E-state index contributed by atoms with van der Waals surface area (Å²) < 4.78 is 1.50. The molecule has 164 valence electrons. The maximum Gasteiger partial charge on any atom is 0.249 e. The molecule has 2 aromatic rings. The summed E-state index contributed by atoms with van der Waals surface area (Å²) in [7, 11) is 0. The number of anilines is 2. The normalized spacial score (nSPS) is 23.3. The number of rotatable bonds is 5. The van der Waals surface area contributed by atoms with Crippen molar-refractivity contribution in [1.29, 1.82) is 0 Å². The Labute approximate surface area is 188 Å². The van der Waals surface area contributed by atoms with Gasteiger partial charge in [-0.3, -0.25) is 9.59 Å². The highest BCUT2D eigenvalue weighted by Gasteiger charge is 2.38. The van der Waals surface area contributed by atoms with Crippen molar-refractivity contribution >= 4 is 48.0 Å². The van der Waals surface area contributed by atoms with Gasteiger partial charge in [0.15, 0.2) is 0 Å². The zero-order valence-corrected chi connectivity index (χ0v) is 18.4. The predicted molar refractivity (Wildman–Crippen MR) is 120 cm³/mol. The number of hydrogen-bond acceptors (Lipinski definition) is 5. The van der Waals surface area contributed by atoms with Crippen LogP contribution in [0.2, 0.25) is 0 Å². The average Bonchev–Trinajstić information content (AvgIpc) is 3.38. The number of aromatic nitrogens is 3. The maximum atomic E-state index is 12.6. The molecule has 30 heavy (non-hydrogen) atoms. The summed E-state index contributed by atoms with van der Waals surface area (Å²) in [5.74, 6) is 0.472. The molecule has 2 heterocycles. The fourth-order valence-corrected chi connectivity index (χ4v) is 4.17. The highest BCUT2D eigenvalue weighted by Crippen LogP contribution is 2.33. The van der Waals surface area contributed by atoms with E-state index in [1.165, 1.54) is 43.0 Å². The lowest BCUT2D eigenvalue weighted by atomic mass is 9.85. The molecule has 8 nitrogen and oxygen atoms in total. The molecule has 1 aromatic carbocycles. The standard InChI is InChI=1S/C20H26N6O2.2ClH/c1-13(26-12-21-11-22-26)19(27)23-15-6-8-16(9-7-15)24-20(28)18-10-14-4-2-3-5-17(14)25-18;;/h6-9,11-14,17-18,25H,2-5,10H2,1H3,(H,23,27)(H,24,28);2*1H. The second-order valence-corrected chi connectivity index (χ2v) is 7.71. The summed E-state index contributed by atoms with van der Waals surface area (Å²) in [5.41, 5.74) is 1.39. The molecule has 1 saturated heterocycles. The number of nitrogens with one attached hydrogen (secondary N) is 3. The highest BCUT2D eigenvalue weighted by molar-refractivity contribution is 5.96. The molecule has 4 atom stereocenters. The lowest BCUT2D eigenvalue weighted by molar-refractivity contribution is -0.119. The average molecular weight is 455 g/mol. The number of fused-ring (bicyclic) bond motifs is 1. The molecule has 2 aliphatic rings. The largest absolute Gasteiger partial charge is 0.325 e. The van der Waals surface area contributed by atoms with Crippen LogP contribution in [-0.4, -0.2) is 38.7 Å². The molecule has 2 amide bonds. The van der Waals surface area contributed by atoms with Gasteiger partial charge in [-0.15, -0.1) is 24.8 Å². The van der Waals surface area contributed by atoms with E-state index in [-0.39, 0.29) is 42.7 Å². The summed E-state index contributed by atoms with van der Waals surface area (Å²) in [4.78, 5) is 28.7. The quantitative estimate of drug-likeness (QED) is 0.643. The number of carbonyl (C=O) groups excluding carboxylic acids is 2. The molecular formula is C20H28Cl2N6O2. The first-order valence-electron chi connectivity index (χ1n) is 9.92. The molecule has 0 bridgehead atoms. The van der Waals surface area contributed by atoms with Gasteiger partial charge in [0.1, 0.15) is 18.7 Å². The molecule has 4 unspecified atom stereocenters. The monoisotopic (exact) mass is 454 g/mol. The van der Waals surface area contributed by atoms with Crippen LogP contribution in [0.15, 0.2) is 36.9 Å². The summed E-state index contributed by atoms with van der Waals surface area (Å²) in [5, 5.41) is 13.3. The van der Waals surface area contributed by atoms with E-state index in [1.807, 2.05) is 0 Å². The lowest BCUT2D eigenvalue weighted by Crippen LogP contribution is -2.39. The van der Waals surface area contributed by atoms with Crippen LogP contribution < -0.4 is 16.0 Å². The Kier molecular flexibility index (Phi) is 8.64. The molecule has 2 fully saturated rings. The number of carbonyl (C=O) groups is 2. The first-order valence-corrected chi connectivity index (χ1v) is 9.92. The Bertz CT molecular complexity index is 816. The summed E-state index contributed by atoms with van der Waals surface area (Å²) in [6.45, 7) is 1.75. The van der Waals surface area contributed by atoms with Crippen molar-refractivity contribution in [3.8, 4) is 0 Å². The van der Waals surface area contributed by atoms with Crippen LogP contribution in [0.4, 0.5) is 11.4 Å². The maximum absolute atomic E-state index is 12.6. The van der Waals surface area contributed by atoms with E-state index in [0.717, 1.165) is 12.1 Å². The smallest absolute Gasteiger partial charge is 0.249 e. The molecular weight excluding hydrogens is 427 g/mol. The second kappa shape index (κ2) is 10.7. The number of halogens is 2. The Morgan fingerprint density at radius 1 is 1.10 bits per heavy atom. The van der Waals surface area contributed by atoms with Crippen molar-refractivity contribution in [1.82, 2.24) is 20.1 Å². The SMILES string of the molecule is CC(C(=O)Nc1ccc(NC(=O)C2CC3CCCCC3N2)cc1)n1cncn1.Cl.Cl. The van der Waals surface area contributed by atoms with Gasteiger partial charge in [0.05, 0.1) is 6.04 Å². The van der Waals surface area contributed by atoms with Crippen LogP contribution in [-0.2, 0) is 9.59 Å². The van der Waals surface area contributed by atoms with Gasteiger partial charge in [0.25, 0.3) is 0 Å². The lowest BCUT2D eigenvalue weighted by Gasteiger charge is -2.24. The Balaban J connectivity index is 0.00000160. The van der Waals surface area contributed by atoms with Gasteiger partial charge in [-0.2, -0.15) is 5.10 Å². The second-order valence-electron chi connectivity index (χ2n) is 7.71. The van der Waals surface area contributed by atoms with Gasteiger partial charge in [-0.25, -0.2) is 9.67 Å². The van der Waals surface area contributed by atoms with E-state index in [2.05, 4.69) is 26.0 Å². The van der Waals surface area contributed by atoms with Crippen LogP contribution in [0.3, 0.4) is 0 Å². The van der Waals surface area contributed by atoms with E-state index in [4.69, 9.17) is 0 Å². The topological polar surface area (TPSA) is 101 Å². The predicted octanol–water partition coefficient (Wildman–Crippen LogP) is 3.18. The van der Waals surface area contributed by atoms with Crippen LogP contribution in [0, 0.1) is 5.92 Å². The van der Waals surface area contributed by atoms with Crippen molar-refractivity contribution in [2.45, 2.75) is 57.2 Å². The van der Waals surface area contributed by atoms with Gasteiger partial charge in [0.2, 0.25) is 11.8 Å². The first kappa shape index (κ1) is 24.1. The fourth-order valence-electron chi connectivity index (χ4n) is 4.17. The first-order chi connectivity index (χ1) is 13.6. The minimum atomic E-state index is -0.459. The van der Waals surface area contributed by atoms with E-state index < -0.39 is 6.04 Å². The molecule has 10 heteroatoms. The summed E-state index contributed by atoms with van der Waals surface area (Å²) in [6, 6.07) is 7.09. The van der Waals surface area contributed by atoms with E-state index in [0.29, 0.717) is 17.6 Å². The van der Waals surface area contributed by atoms with Crippen LogP contribution >= 0.6 is 24.8 Å². The van der Waals surface area contributed by atoms with Crippen molar-refractivity contribution in [3.05, 3.63) is 36.9 Å². The minimum absolute atomic E-state index is 0. The molecule has 0 radical (unpaired) electrons. The Morgan fingerprint density at radius 3 is 2.40 bits per heavy atom. The fraction of sp³-hybridized carbons (Fsp3) is 0.500. The number of amides is 2. The third kappa shape index (κ3) is 5.50. The van der Waals surface area contributed by atoms with Gasteiger partial charge in [-0.05, 0) is 56.4 Å². The molecule has 1 saturated carbocycles. The van der Waals surface area contributed by atoms with Crippen LogP contribution in [0.5, 0.6) is 0 Å². The van der Waals surface area contributed by atoms with Crippen molar-refractivity contribution < 1.29 is 9.59 Å². The number of nitrogens with zero attached hydrogens (tertiary/aromatic N) is 3. The minimum Gasteiger partial charge on any atom is -0.325 e. The van der Waals surface area contributed by atoms with Crippen molar-refractivity contribution in [2.75, 3.05) is 10.6 Å². The number of benzene rings is 1. The van der Waals surface area contributed by atoms with E-state index >= 15 is 0 Å². The van der Waals surface area contributed by atoms with Gasteiger partial charge >= 0.3 is 0 Å². The Morgan fingerprint density at radius 2 is 1.77 bits per heavy atom. The molecule has 4 rings (SSSR count). The molecule has 3 N–H and O–H groups in total. The van der Waals surface area contributed by atoms with Crippen LogP contribution in [0.25, 0.3) is 0 Å². The van der Waals surface area contributed by atoms with Crippen molar-refractivity contribution in [2.24, 2.45) is 5.92 Å². The molecule has 1 aromatic heterocycles.